The largest absolute Gasteiger partial charge is 0.496 e. The van der Waals surface area contributed by atoms with Crippen molar-refractivity contribution in [3.8, 4) is 11.6 Å². The molecule has 1 heterocycles. The number of aromatic nitrogens is 2. The number of hydrogen-bond donors (Lipinski definition) is 1. The van der Waals surface area contributed by atoms with Crippen LogP contribution in [0.15, 0.2) is 30.3 Å². The Labute approximate surface area is 110 Å². The van der Waals surface area contributed by atoms with Crippen LogP contribution in [0.4, 0.5) is 4.39 Å². The van der Waals surface area contributed by atoms with E-state index in [1.807, 2.05) is 0 Å². The first-order chi connectivity index (χ1) is 9.15. The molecule has 0 saturated carbocycles. The normalized spacial score (nSPS) is 12.0. The molecular formula is C13H14FN3O2. The van der Waals surface area contributed by atoms with Crippen LogP contribution >= 0.6 is 0 Å². The zero-order valence-electron chi connectivity index (χ0n) is 10.6. The van der Waals surface area contributed by atoms with Crippen molar-refractivity contribution in [2.24, 2.45) is 5.73 Å². The van der Waals surface area contributed by atoms with E-state index >= 15 is 0 Å². The number of benzene rings is 1. The summed E-state index contributed by atoms with van der Waals surface area (Å²) >= 11 is 0. The molecule has 0 radical (unpaired) electrons. The summed E-state index contributed by atoms with van der Waals surface area (Å²) in [5.41, 5.74) is 7.08. The predicted molar refractivity (Wildman–Crippen MR) is 67.6 cm³/mol. The molecule has 2 N–H and O–H groups in total. The summed E-state index contributed by atoms with van der Waals surface area (Å²) in [4.78, 5) is 0. The van der Waals surface area contributed by atoms with Crippen LogP contribution in [0.2, 0.25) is 0 Å². The van der Waals surface area contributed by atoms with Gasteiger partial charge in [-0.3, -0.25) is 0 Å². The van der Waals surface area contributed by atoms with Crippen LogP contribution < -0.4 is 15.2 Å². The molecule has 100 valence electrons. The molecule has 0 aliphatic carbocycles. The Morgan fingerprint density at radius 2 is 1.89 bits per heavy atom. The molecule has 1 aromatic carbocycles. The third kappa shape index (κ3) is 2.79. The number of nitrogens with zero attached hydrogens (tertiary/aromatic N) is 2. The Hall–Kier alpha value is -2.21. The lowest BCUT2D eigenvalue weighted by Crippen LogP contribution is -2.15. The molecule has 19 heavy (non-hydrogen) atoms. The molecule has 5 nitrogen and oxygen atoms in total. The van der Waals surface area contributed by atoms with E-state index in [0.29, 0.717) is 22.9 Å². The van der Waals surface area contributed by atoms with Crippen LogP contribution in [0.1, 0.15) is 17.3 Å². The summed E-state index contributed by atoms with van der Waals surface area (Å²) in [5, 5.41) is 7.79. The molecule has 0 amide bonds. The number of halogens is 1. The van der Waals surface area contributed by atoms with E-state index in [0.717, 1.165) is 0 Å². The van der Waals surface area contributed by atoms with E-state index in [-0.39, 0.29) is 5.82 Å². The number of ether oxygens (including phenoxy) is 2. The lowest BCUT2D eigenvalue weighted by molar-refractivity contribution is 0.390. The van der Waals surface area contributed by atoms with Gasteiger partial charge in [-0.25, -0.2) is 4.39 Å². The van der Waals surface area contributed by atoms with Crippen LogP contribution in [0.5, 0.6) is 11.6 Å². The van der Waals surface area contributed by atoms with E-state index < -0.39 is 6.04 Å². The maximum Gasteiger partial charge on any atom is 0.233 e. The van der Waals surface area contributed by atoms with Crippen molar-refractivity contribution in [3.63, 3.8) is 0 Å². The average molecular weight is 263 g/mol. The molecule has 2 rings (SSSR count). The fraction of sp³-hybridized carbons (Fsp3) is 0.231. The Kier molecular flexibility index (Phi) is 3.91. The van der Waals surface area contributed by atoms with Gasteiger partial charge in [-0.15, -0.1) is 10.2 Å². The summed E-state index contributed by atoms with van der Waals surface area (Å²) < 4.78 is 23.4. The zero-order valence-corrected chi connectivity index (χ0v) is 10.6. The molecular weight excluding hydrogens is 249 g/mol. The SMILES string of the molecule is COc1ccc(C(N)c2cc(F)ccc2OC)nn1. The van der Waals surface area contributed by atoms with E-state index in [9.17, 15) is 4.39 Å². The van der Waals surface area contributed by atoms with E-state index in [4.69, 9.17) is 15.2 Å². The van der Waals surface area contributed by atoms with Crippen LogP contribution in [-0.4, -0.2) is 24.4 Å². The van der Waals surface area contributed by atoms with Crippen molar-refractivity contribution >= 4 is 0 Å². The summed E-state index contributed by atoms with van der Waals surface area (Å²) in [6.45, 7) is 0. The Morgan fingerprint density at radius 1 is 1.11 bits per heavy atom. The molecule has 0 bridgehead atoms. The van der Waals surface area contributed by atoms with Crippen molar-refractivity contribution in [2.75, 3.05) is 14.2 Å². The predicted octanol–water partition coefficient (Wildman–Crippen LogP) is 1.68. The van der Waals surface area contributed by atoms with Crippen molar-refractivity contribution in [1.82, 2.24) is 10.2 Å². The van der Waals surface area contributed by atoms with Gasteiger partial charge in [-0.05, 0) is 24.3 Å². The first-order valence-corrected chi connectivity index (χ1v) is 5.62. The van der Waals surface area contributed by atoms with Gasteiger partial charge in [0.15, 0.2) is 0 Å². The monoisotopic (exact) mass is 263 g/mol. The maximum atomic E-state index is 13.3. The van der Waals surface area contributed by atoms with Gasteiger partial charge in [0.2, 0.25) is 5.88 Å². The van der Waals surface area contributed by atoms with Gasteiger partial charge in [0.1, 0.15) is 11.6 Å². The molecule has 2 aromatic rings. The van der Waals surface area contributed by atoms with Gasteiger partial charge in [-0.2, -0.15) is 0 Å². The van der Waals surface area contributed by atoms with Crippen molar-refractivity contribution in [1.29, 1.82) is 0 Å². The maximum absolute atomic E-state index is 13.3. The minimum atomic E-state index is -0.621. The second-order valence-corrected chi connectivity index (χ2v) is 3.86. The molecule has 0 aliphatic rings. The fourth-order valence-corrected chi connectivity index (χ4v) is 1.71. The minimum absolute atomic E-state index is 0.382. The fourth-order valence-electron chi connectivity index (χ4n) is 1.71. The third-order valence-electron chi connectivity index (χ3n) is 2.72. The lowest BCUT2D eigenvalue weighted by atomic mass is 10.0. The molecule has 1 atom stereocenters. The topological polar surface area (TPSA) is 70.3 Å². The second-order valence-electron chi connectivity index (χ2n) is 3.86. The summed E-state index contributed by atoms with van der Waals surface area (Å²) in [6.07, 6.45) is 0. The highest BCUT2D eigenvalue weighted by Crippen LogP contribution is 2.28. The molecule has 0 saturated heterocycles. The minimum Gasteiger partial charge on any atom is -0.496 e. The molecule has 0 spiro atoms. The van der Waals surface area contributed by atoms with Gasteiger partial charge in [0.25, 0.3) is 0 Å². The molecule has 0 aliphatic heterocycles. The number of methoxy groups -OCH3 is 2. The van der Waals surface area contributed by atoms with Gasteiger partial charge in [-0.1, -0.05) is 0 Å². The summed E-state index contributed by atoms with van der Waals surface area (Å²) in [5.74, 6) is 0.515. The van der Waals surface area contributed by atoms with Gasteiger partial charge >= 0.3 is 0 Å². The Morgan fingerprint density at radius 3 is 2.47 bits per heavy atom. The molecule has 1 aromatic heterocycles. The smallest absolute Gasteiger partial charge is 0.233 e. The van der Waals surface area contributed by atoms with Gasteiger partial charge in [0.05, 0.1) is 26.0 Å². The Bertz CT molecular complexity index is 560. The van der Waals surface area contributed by atoms with Crippen LogP contribution in [0.25, 0.3) is 0 Å². The quantitative estimate of drug-likeness (QED) is 0.908. The average Bonchev–Trinajstić information content (AvgIpc) is 2.46. The lowest BCUT2D eigenvalue weighted by Gasteiger charge is -2.15. The highest BCUT2D eigenvalue weighted by atomic mass is 19.1. The molecule has 6 heteroatoms. The molecule has 1 unspecified atom stereocenters. The number of hydrogen-bond acceptors (Lipinski definition) is 5. The highest BCUT2D eigenvalue weighted by Gasteiger charge is 2.16. The number of rotatable bonds is 4. The van der Waals surface area contributed by atoms with Gasteiger partial charge in [0, 0.05) is 11.6 Å². The molecule has 0 fully saturated rings. The summed E-state index contributed by atoms with van der Waals surface area (Å²) in [6, 6.07) is 6.88. The summed E-state index contributed by atoms with van der Waals surface area (Å²) in [7, 11) is 3.00. The van der Waals surface area contributed by atoms with Crippen LogP contribution in [0.3, 0.4) is 0 Å². The zero-order chi connectivity index (χ0) is 13.8. The Balaban J connectivity index is 2.36. The first kappa shape index (κ1) is 13.2. The van der Waals surface area contributed by atoms with Crippen molar-refractivity contribution < 1.29 is 13.9 Å². The highest BCUT2D eigenvalue weighted by molar-refractivity contribution is 5.40. The van der Waals surface area contributed by atoms with E-state index in [2.05, 4.69) is 10.2 Å². The standard InChI is InChI=1S/C13H14FN3O2/c1-18-11-5-3-8(14)7-9(11)13(15)10-4-6-12(19-2)17-16-10/h3-7,13H,15H2,1-2H3. The first-order valence-electron chi connectivity index (χ1n) is 5.62. The van der Waals surface area contributed by atoms with E-state index in [1.54, 1.807) is 12.1 Å². The van der Waals surface area contributed by atoms with Crippen molar-refractivity contribution in [2.45, 2.75) is 6.04 Å². The van der Waals surface area contributed by atoms with Crippen LogP contribution in [-0.2, 0) is 0 Å². The van der Waals surface area contributed by atoms with Crippen LogP contribution in [0, 0.1) is 5.82 Å². The number of nitrogens with two attached hydrogens (primary N) is 1. The van der Waals surface area contributed by atoms with Gasteiger partial charge < -0.3 is 15.2 Å². The third-order valence-corrected chi connectivity index (χ3v) is 2.72. The second kappa shape index (κ2) is 5.62. The van der Waals surface area contributed by atoms with E-state index in [1.165, 1.54) is 32.4 Å². The van der Waals surface area contributed by atoms with Crippen molar-refractivity contribution in [3.05, 3.63) is 47.4 Å².